The smallest absolute Gasteiger partial charge is 0.239 e. The van der Waals surface area contributed by atoms with Crippen molar-refractivity contribution in [1.29, 1.82) is 0 Å². The van der Waals surface area contributed by atoms with Gasteiger partial charge in [-0.15, -0.1) is 0 Å². The van der Waals surface area contributed by atoms with Crippen LogP contribution >= 0.6 is 11.6 Å². The highest BCUT2D eigenvalue weighted by atomic mass is 35.5. The van der Waals surface area contributed by atoms with Gasteiger partial charge in [-0.25, -0.2) is 0 Å². The van der Waals surface area contributed by atoms with Crippen molar-refractivity contribution in [2.75, 3.05) is 25.0 Å². The van der Waals surface area contributed by atoms with E-state index >= 15 is 0 Å². The standard InChI is InChI=1S/C14H22ClN3O/c1-10(2)8-17-14(19)9-18(3)12-5-4-11(7-16)13(15)6-12/h4-6,10H,7-9,16H2,1-3H3,(H,17,19). The molecule has 3 N–H and O–H groups in total. The van der Waals surface area contributed by atoms with Crippen molar-refractivity contribution in [2.45, 2.75) is 20.4 Å². The molecule has 0 aliphatic rings. The van der Waals surface area contributed by atoms with E-state index < -0.39 is 0 Å². The van der Waals surface area contributed by atoms with Crippen LogP contribution in [-0.2, 0) is 11.3 Å². The molecule has 0 heterocycles. The minimum absolute atomic E-state index is 0.00947. The molecule has 1 amide bonds. The van der Waals surface area contributed by atoms with Crippen molar-refractivity contribution in [3.63, 3.8) is 0 Å². The molecule has 0 aliphatic heterocycles. The van der Waals surface area contributed by atoms with E-state index in [-0.39, 0.29) is 5.91 Å². The highest BCUT2D eigenvalue weighted by Crippen LogP contribution is 2.22. The van der Waals surface area contributed by atoms with Crippen molar-refractivity contribution >= 4 is 23.2 Å². The summed E-state index contributed by atoms with van der Waals surface area (Å²) < 4.78 is 0. The number of carbonyl (C=O) groups is 1. The Morgan fingerprint density at radius 3 is 2.68 bits per heavy atom. The molecule has 106 valence electrons. The number of rotatable bonds is 6. The normalized spacial score (nSPS) is 10.6. The third-order valence-corrected chi connectivity index (χ3v) is 3.14. The molecule has 1 rings (SSSR count). The number of likely N-dealkylation sites (N-methyl/N-ethyl adjacent to an activating group) is 1. The van der Waals surface area contributed by atoms with Gasteiger partial charge in [-0.3, -0.25) is 4.79 Å². The summed E-state index contributed by atoms with van der Waals surface area (Å²) in [7, 11) is 1.86. The molecule has 5 heteroatoms. The maximum absolute atomic E-state index is 11.7. The number of carbonyl (C=O) groups excluding carboxylic acids is 1. The number of hydrogen-bond donors (Lipinski definition) is 2. The van der Waals surface area contributed by atoms with Crippen LogP contribution in [0.5, 0.6) is 0 Å². The molecule has 0 unspecified atom stereocenters. The Kier molecular flexibility index (Phi) is 6.12. The third-order valence-electron chi connectivity index (χ3n) is 2.79. The number of nitrogens with two attached hydrogens (primary N) is 1. The monoisotopic (exact) mass is 283 g/mol. The molecule has 0 saturated heterocycles. The fourth-order valence-corrected chi connectivity index (χ4v) is 1.87. The second kappa shape index (κ2) is 7.36. The number of nitrogens with zero attached hydrogens (tertiary/aromatic N) is 1. The Labute approximate surface area is 119 Å². The first-order valence-corrected chi connectivity index (χ1v) is 6.78. The van der Waals surface area contributed by atoms with Gasteiger partial charge in [-0.2, -0.15) is 0 Å². The number of halogens is 1. The first-order valence-electron chi connectivity index (χ1n) is 6.40. The van der Waals surface area contributed by atoms with Crippen LogP contribution in [0.4, 0.5) is 5.69 Å². The molecule has 0 spiro atoms. The van der Waals surface area contributed by atoms with Crippen LogP contribution in [0, 0.1) is 5.92 Å². The zero-order valence-corrected chi connectivity index (χ0v) is 12.5. The summed E-state index contributed by atoms with van der Waals surface area (Å²) in [6.45, 7) is 5.55. The van der Waals surface area contributed by atoms with Crippen LogP contribution in [0.15, 0.2) is 18.2 Å². The minimum atomic E-state index is 0.00947. The summed E-state index contributed by atoms with van der Waals surface area (Å²) in [6.07, 6.45) is 0. The predicted molar refractivity (Wildman–Crippen MR) is 80.5 cm³/mol. The lowest BCUT2D eigenvalue weighted by Gasteiger charge is -2.20. The van der Waals surface area contributed by atoms with E-state index in [0.29, 0.717) is 30.6 Å². The van der Waals surface area contributed by atoms with Gasteiger partial charge in [0.2, 0.25) is 5.91 Å². The van der Waals surface area contributed by atoms with Gasteiger partial charge in [0.15, 0.2) is 0 Å². The van der Waals surface area contributed by atoms with Crippen LogP contribution in [-0.4, -0.2) is 26.0 Å². The molecule has 0 atom stereocenters. The molecule has 1 aromatic rings. The van der Waals surface area contributed by atoms with Crippen molar-refractivity contribution < 1.29 is 4.79 Å². The van der Waals surface area contributed by atoms with Crippen LogP contribution < -0.4 is 16.0 Å². The summed E-state index contributed by atoms with van der Waals surface area (Å²) in [5.41, 5.74) is 7.37. The largest absolute Gasteiger partial charge is 0.365 e. The maximum atomic E-state index is 11.7. The minimum Gasteiger partial charge on any atom is -0.365 e. The molecule has 19 heavy (non-hydrogen) atoms. The van der Waals surface area contributed by atoms with Crippen molar-refractivity contribution in [1.82, 2.24) is 5.32 Å². The van der Waals surface area contributed by atoms with E-state index in [4.69, 9.17) is 17.3 Å². The molecule has 0 radical (unpaired) electrons. The summed E-state index contributed by atoms with van der Waals surface area (Å²) in [4.78, 5) is 13.6. The van der Waals surface area contributed by atoms with Crippen molar-refractivity contribution in [3.05, 3.63) is 28.8 Å². The van der Waals surface area contributed by atoms with Gasteiger partial charge in [0, 0.05) is 30.8 Å². The first-order chi connectivity index (χ1) is 8.93. The van der Waals surface area contributed by atoms with E-state index in [0.717, 1.165) is 11.3 Å². The Balaban J connectivity index is 2.60. The first kappa shape index (κ1) is 15.8. The van der Waals surface area contributed by atoms with Crippen LogP contribution in [0.25, 0.3) is 0 Å². The number of anilines is 1. The number of amides is 1. The SMILES string of the molecule is CC(C)CNC(=O)CN(C)c1ccc(CN)c(Cl)c1. The molecule has 0 saturated carbocycles. The second-order valence-electron chi connectivity index (χ2n) is 5.03. The van der Waals surface area contributed by atoms with Gasteiger partial charge in [-0.1, -0.05) is 31.5 Å². The summed E-state index contributed by atoms with van der Waals surface area (Å²) in [6, 6.07) is 5.64. The highest BCUT2D eigenvalue weighted by molar-refractivity contribution is 6.31. The average Bonchev–Trinajstić information content (AvgIpc) is 2.36. The lowest BCUT2D eigenvalue weighted by molar-refractivity contribution is -0.119. The summed E-state index contributed by atoms with van der Waals surface area (Å²) in [5.74, 6) is 0.461. The van der Waals surface area contributed by atoms with Gasteiger partial charge in [-0.05, 0) is 23.6 Å². The van der Waals surface area contributed by atoms with E-state index in [1.54, 1.807) is 0 Å². The maximum Gasteiger partial charge on any atom is 0.239 e. The molecular formula is C14H22ClN3O. The Morgan fingerprint density at radius 2 is 2.16 bits per heavy atom. The number of benzene rings is 1. The van der Waals surface area contributed by atoms with Gasteiger partial charge in [0.25, 0.3) is 0 Å². The highest BCUT2D eigenvalue weighted by Gasteiger charge is 2.09. The Morgan fingerprint density at radius 1 is 1.47 bits per heavy atom. The molecule has 0 aliphatic carbocycles. The fourth-order valence-electron chi connectivity index (χ4n) is 1.62. The van der Waals surface area contributed by atoms with Crippen molar-refractivity contribution in [3.8, 4) is 0 Å². The van der Waals surface area contributed by atoms with Crippen LogP contribution in [0.3, 0.4) is 0 Å². The zero-order chi connectivity index (χ0) is 14.4. The van der Waals surface area contributed by atoms with Crippen LogP contribution in [0.1, 0.15) is 19.4 Å². The zero-order valence-electron chi connectivity index (χ0n) is 11.7. The van der Waals surface area contributed by atoms with Gasteiger partial charge < -0.3 is 16.0 Å². The molecule has 0 aromatic heterocycles. The lowest BCUT2D eigenvalue weighted by Crippen LogP contribution is -2.36. The van der Waals surface area contributed by atoms with Crippen LogP contribution in [0.2, 0.25) is 5.02 Å². The molecular weight excluding hydrogens is 262 g/mol. The fraction of sp³-hybridized carbons (Fsp3) is 0.500. The van der Waals surface area contributed by atoms with E-state index in [9.17, 15) is 4.79 Å². The Bertz CT molecular complexity index is 435. The van der Waals surface area contributed by atoms with Gasteiger partial charge >= 0.3 is 0 Å². The number of hydrogen-bond acceptors (Lipinski definition) is 3. The molecule has 1 aromatic carbocycles. The number of nitrogens with one attached hydrogen (secondary N) is 1. The average molecular weight is 284 g/mol. The summed E-state index contributed by atoms with van der Waals surface area (Å²) in [5, 5.41) is 3.52. The predicted octanol–water partition coefficient (Wildman–Crippen LogP) is 2.01. The third kappa shape index (κ3) is 5.09. The van der Waals surface area contributed by atoms with E-state index in [2.05, 4.69) is 19.2 Å². The van der Waals surface area contributed by atoms with Gasteiger partial charge in [0.05, 0.1) is 6.54 Å². The summed E-state index contributed by atoms with van der Waals surface area (Å²) >= 11 is 6.11. The second-order valence-corrected chi connectivity index (χ2v) is 5.44. The molecule has 0 fully saturated rings. The van der Waals surface area contributed by atoms with Gasteiger partial charge in [0.1, 0.15) is 0 Å². The van der Waals surface area contributed by atoms with E-state index in [1.165, 1.54) is 0 Å². The lowest BCUT2D eigenvalue weighted by atomic mass is 10.2. The quantitative estimate of drug-likeness (QED) is 0.840. The molecule has 0 bridgehead atoms. The van der Waals surface area contributed by atoms with E-state index in [1.807, 2.05) is 30.1 Å². The topological polar surface area (TPSA) is 58.4 Å². The molecule has 4 nitrogen and oxygen atoms in total. The van der Waals surface area contributed by atoms with Crippen molar-refractivity contribution in [2.24, 2.45) is 11.7 Å². The Hall–Kier alpha value is -1.26.